The Bertz CT molecular complexity index is 220. The van der Waals surface area contributed by atoms with E-state index >= 15 is 0 Å². The summed E-state index contributed by atoms with van der Waals surface area (Å²) in [5.74, 6) is 0.849. The molecule has 0 unspecified atom stereocenters. The van der Waals surface area contributed by atoms with Gasteiger partial charge in [-0.1, -0.05) is 23.3 Å². The molecule has 1 fully saturated rings. The molecule has 1 heterocycles. The van der Waals surface area contributed by atoms with Gasteiger partial charge >= 0.3 is 0 Å². The SMILES string of the molecule is C/C=C(\C=C/Cl)CCC1CCOCC1.CSC. The molecule has 0 atom stereocenters. The van der Waals surface area contributed by atoms with Crippen LogP contribution in [0.5, 0.6) is 0 Å². The largest absolute Gasteiger partial charge is 0.381 e. The maximum Gasteiger partial charge on any atom is 0.0468 e. The van der Waals surface area contributed by atoms with Crippen LogP contribution in [-0.2, 0) is 4.74 Å². The van der Waals surface area contributed by atoms with Crippen LogP contribution in [0.3, 0.4) is 0 Å². The lowest BCUT2D eigenvalue weighted by Gasteiger charge is -2.21. The van der Waals surface area contributed by atoms with Crippen molar-refractivity contribution in [3.05, 3.63) is 23.3 Å². The predicted molar refractivity (Wildman–Crippen MR) is 81.0 cm³/mol. The van der Waals surface area contributed by atoms with Crippen molar-refractivity contribution in [2.45, 2.75) is 32.6 Å². The third-order valence-electron chi connectivity index (χ3n) is 2.83. The average Bonchev–Trinajstić information content (AvgIpc) is 2.37. The number of hydrogen-bond acceptors (Lipinski definition) is 2. The summed E-state index contributed by atoms with van der Waals surface area (Å²) in [4.78, 5) is 0. The second kappa shape index (κ2) is 12.5. The van der Waals surface area contributed by atoms with Crippen LogP contribution >= 0.6 is 23.4 Å². The molecule has 1 saturated heterocycles. The van der Waals surface area contributed by atoms with Crippen LogP contribution in [-0.4, -0.2) is 25.7 Å². The molecule has 3 heteroatoms. The highest BCUT2D eigenvalue weighted by atomic mass is 35.5. The second-order valence-corrected chi connectivity index (χ2v) is 5.23. The average molecular weight is 277 g/mol. The van der Waals surface area contributed by atoms with Crippen molar-refractivity contribution in [3.63, 3.8) is 0 Å². The number of ether oxygens (including phenoxy) is 1. The van der Waals surface area contributed by atoms with Gasteiger partial charge in [0.1, 0.15) is 0 Å². The van der Waals surface area contributed by atoms with Gasteiger partial charge < -0.3 is 4.74 Å². The Morgan fingerprint density at radius 2 is 1.94 bits per heavy atom. The fourth-order valence-corrected chi connectivity index (χ4v) is 1.97. The zero-order valence-electron chi connectivity index (χ0n) is 11.2. The van der Waals surface area contributed by atoms with Crippen LogP contribution in [0.15, 0.2) is 23.3 Å². The molecule has 0 aromatic heterocycles. The van der Waals surface area contributed by atoms with E-state index in [0.717, 1.165) is 25.6 Å². The topological polar surface area (TPSA) is 9.23 Å². The summed E-state index contributed by atoms with van der Waals surface area (Å²) >= 11 is 7.31. The van der Waals surface area contributed by atoms with Crippen molar-refractivity contribution in [2.24, 2.45) is 5.92 Å². The minimum atomic E-state index is 0.849. The van der Waals surface area contributed by atoms with E-state index in [1.165, 1.54) is 24.8 Å². The Morgan fingerprint density at radius 1 is 1.35 bits per heavy atom. The van der Waals surface area contributed by atoms with Crippen molar-refractivity contribution < 1.29 is 4.74 Å². The van der Waals surface area contributed by atoms with Gasteiger partial charge in [-0.2, -0.15) is 11.8 Å². The van der Waals surface area contributed by atoms with Gasteiger partial charge in [0.15, 0.2) is 0 Å². The van der Waals surface area contributed by atoms with E-state index in [1.807, 2.05) is 18.6 Å². The van der Waals surface area contributed by atoms with Gasteiger partial charge in [-0.3, -0.25) is 0 Å². The molecule has 0 N–H and O–H groups in total. The molecule has 1 aliphatic rings. The summed E-state index contributed by atoms with van der Waals surface area (Å²) < 4.78 is 5.33. The van der Waals surface area contributed by atoms with E-state index in [4.69, 9.17) is 16.3 Å². The maximum absolute atomic E-state index is 5.56. The van der Waals surface area contributed by atoms with Crippen molar-refractivity contribution in [1.29, 1.82) is 0 Å². The van der Waals surface area contributed by atoms with Crippen LogP contribution < -0.4 is 0 Å². The van der Waals surface area contributed by atoms with Gasteiger partial charge in [-0.05, 0) is 57.1 Å². The molecule has 1 rings (SSSR count). The number of allylic oxidation sites excluding steroid dienone is 3. The van der Waals surface area contributed by atoms with E-state index in [1.54, 1.807) is 17.3 Å². The van der Waals surface area contributed by atoms with Gasteiger partial charge in [0, 0.05) is 18.7 Å². The molecule has 0 aliphatic carbocycles. The molecule has 0 spiro atoms. The van der Waals surface area contributed by atoms with Crippen LogP contribution in [0.4, 0.5) is 0 Å². The smallest absolute Gasteiger partial charge is 0.0468 e. The fraction of sp³-hybridized carbons (Fsp3) is 0.714. The lowest BCUT2D eigenvalue weighted by molar-refractivity contribution is 0.0641. The summed E-state index contributed by atoms with van der Waals surface area (Å²) in [5.41, 5.74) is 2.94. The summed E-state index contributed by atoms with van der Waals surface area (Å²) in [7, 11) is 0. The van der Waals surface area contributed by atoms with Gasteiger partial charge in [-0.25, -0.2) is 0 Å². The van der Waals surface area contributed by atoms with E-state index in [9.17, 15) is 0 Å². The van der Waals surface area contributed by atoms with E-state index in [0.29, 0.717) is 0 Å². The lowest BCUT2D eigenvalue weighted by atomic mass is 9.93. The minimum absolute atomic E-state index is 0.849. The van der Waals surface area contributed by atoms with Crippen LogP contribution in [0.25, 0.3) is 0 Å². The van der Waals surface area contributed by atoms with E-state index in [2.05, 4.69) is 13.0 Å². The molecule has 1 nitrogen and oxygen atoms in total. The Morgan fingerprint density at radius 3 is 2.41 bits per heavy atom. The first-order valence-electron chi connectivity index (χ1n) is 6.18. The monoisotopic (exact) mass is 276 g/mol. The van der Waals surface area contributed by atoms with Gasteiger partial charge in [0.25, 0.3) is 0 Å². The van der Waals surface area contributed by atoms with Crippen molar-refractivity contribution in [2.75, 3.05) is 25.7 Å². The molecule has 0 saturated carbocycles. The molecule has 100 valence electrons. The Labute approximate surface area is 116 Å². The van der Waals surface area contributed by atoms with Gasteiger partial charge in [0.2, 0.25) is 0 Å². The first-order valence-corrected chi connectivity index (χ1v) is 8.25. The highest BCUT2D eigenvalue weighted by molar-refractivity contribution is 7.97. The first kappa shape index (κ1) is 17.1. The highest BCUT2D eigenvalue weighted by Gasteiger charge is 2.13. The zero-order chi connectivity index (χ0) is 12.9. The summed E-state index contributed by atoms with van der Waals surface area (Å²) in [6.07, 6.45) is 13.1. The van der Waals surface area contributed by atoms with Gasteiger partial charge in [0.05, 0.1) is 0 Å². The van der Waals surface area contributed by atoms with Crippen LogP contribution in [0, 0.1) is 5.92 Å². The number of rotatable bonds is 4. The molecule has 17 heavy (non-hydrogen) atoms. The maximum atomic E-state index is 5.56. The summed E-state index contributed by atoms with van der Waals surface area (Å²) in [6.45, 7) is 3.96. The highest BCUT2D eigenvalue weighted by Crippen LogP contribution is 2.22. The normalized spacial score (nSPS) is 18.0. The molecule has 1 aliphatic heterocycles. The second-order valence-electron chi connectivity index (χ2n) is 4.16. The molecule has 0 aromatic rings. The Kier molecular flexibility index (Phi) is 12.6. The standard InChI is InChI=1S/C12H19ClO.C2H6S/c1-2-11(5-8-13)3-4-12-6-9-14-10-7-12;1-3-2/h2,5,8,12H,3-4,6-7,9-10H2,1H3;1-2H3/b8-5-,11-2-;. The van der Waals surface area contributed by atoms with Crippen molar-refractivity contribution >= 4 is 23.4 Å². The predicted octanol–water partition coefficient (Wildman–Crippen LogP) is 4.87. The van der Waals surface area contributed by atoms with Crippen molar-refractivity contribution in [3.8, 4) is 0 Å². The number of halogens is 1. The van der Waals surface area contributed by atoms with E-state index < -0.39 is 0 Å². The quantitative estimate of drug-likeness (QED) is 0.678. The number of hydrogen-bond donors (Lipinski definition) is 0. The summed E-state index contributed by atoms with van der Waals surface area (Å²) in [5, 5.41) is 0. The minimum Gasteiger partial charge on any atom is -0.381 e. The molecular weight excluding hydrogens is 252 g/mol. The Balaban J connectivity index is 0.000000770. The molecule has 0 aromatic carbocycles. The lowest BCUT2D eigenvalue weighted by Crippen LogP contribution is -2.15. The third-order valence-corrected chi connectivity index (χ3v) is 2.96. The molecule has 0 radical (unpaired) electrons. The van der Waals surface area contributed by atoms with E-state index in [-0.39, 0.29) is 0 Å². The van der Waals surface area contributed by atoms with Crippen molar-refractivity contribution in [1.82, 2.24) is 0 Å². The zero-order valence-corrected chi connectivity index (χ0v) is 12.8. The Hall–Kier alpha value is 0.0800. The van der Waals surface area contributed by atoms with Gasteiger partial charge in [-0.15, -0.1) is 0 Å². The number of thioether (sulfide) groups is 1. The van der Waals surface area contributed by atoms with Crippen LogP contribution in [0.1, 0.15) is 32.6 Å². The first-order chi connectivity index (χ1) is 8.28. The van der Waals surface area contributed by atoms with Crippen LogP contribution in [0.2, 0.25) is 0 Å². The fourth-order valence-electron chi connectivity index (χ4n) is 1.81. The molecular formula is C14H25ClOS. The molecule has 0 bridgehead atoms. The summed E-state index contributed by atoms with van der Waals surface area (Å²) in [6, 6.07) is 0. The third kappa shape index (κ3) is 9.75. The molecule has 0 amide bonds.